The highest BCUT2D eigenvalue weighted by atomic mass is 79.9. The van der Waals surface area contributed by atoms with E-state index < -0.39 is 0 Å². The third-order valence-corrected chi connectivity index (χ3v) is 3.29. The molecule has 0 aliphatic carbocycles. The molecule has 0 atom stereocenters. The molecule has 0 heterocycles. The standard InChI is InChI=1S/C13H9BrCl2O/c14-10-5-4-9(13(16)6-10)8-17-12-3-1-2-11(15)7-12/h1-7H,8H2. The quantitative estimate of drug-likeness (QED) is 0.738. The Hall–Kier alpha value is -0.700. The maximum Gasteiger partial charge on any atom is 0.121 e. The van der Waals surface area contributed by atoms with E-state index in [1.807, 2.05) is 30.3 Å². The topological polar surface area (TPSA) is 9.23 Å². The van der Waals surface area contributed by atoms with Crippen LogP contribution in [0.1, 0.15) is 5.56 Å². The maximum absolute atomic E-state index is 6.09. The molecule has 0 aromatic heterocycles. The molecular formula is C13H9BrCl2O. The van der Waals surface area contributed by atoms with Crippen LogP contribution in [-0.4, -0.2) is 0 Å². The Morgan fingerprint density at radius 3 is 2.59 bits per heavy atom. The van der Waals surface area contributed by atoms with Crippen LogP contribution in [0.25, 0.3) is 0 Å². The third-order valence-electron chi connectivity index (χ3n) is 2.21. The number of hydrogen-bond donors (Lipinski definition) is 0. The fraction of sp³-hybridized carbons (Fsp3) is 0.0769. The van der Waals surface area contributed by atoms with Gasteiger partial charge in [-0.3, -0.25) is 0 Å². The average molecular weight is 332 g/mol. The summed E-state index contributed by atoms with van der Waals surface area (Å²) in [4.78, 5) is 0. The number of halogens is 3. The van der Waals surface area contributed by atoms with Gasteiger partial charge in [-0.15, -0.1) is 0 Å². The molecule has 0 spiro atoms. The summed E-state index contributed by atoms with van der Waals surface area (Å²) in [5, 5.41) is 1.34. The molecule has 0 fully saturated rings. The number of hydrogen-bond acceptors (Lipinski definition) is 1. The summed E-state index contributed by atoms with van der Waals surface area (Å²) in [7, 11) is 0. The Labute approximate surface area is 118 Å². The van der Waals surface area contributed by atoms with Gasteiger partial charge in [0.2, 0.25) is 0 Å². The van der Waals surface area contributed by atoms with Crippen LogP contribution in [0.5, 0.6) is 5.75 Å². The predicted molar refractivity (Wildman–Crippen MR) is 74.9 cm³/mol. The number of ether oxygens (including phenoxy) is 1. The summed E-state index contributed by atoms with van der Waals surface area (Å²) in [6.45, 7) is 0.423. The molecule has 2 rings (SSSR count). The summed E-state index contributed by atoms with van der Waals surface area (Å²) in [5.41, 5.74) is 0.940. The molecule has 2 aromatic carbocycles. The second kappa shape index (κ2) is 5.76. The molecule has 17 heavy (non-hydrogen) atoms. The van der Waals surface area contributed by atoms with Crippen LogP contribution in [0.3, 0.4) is 0 Å². The van der Waals surface area contributed by atoms with Crippen molar-refractivity contribution in [1.29, 1.82) is 0 Å². The van der Waals surface area contributed by atoms with Crippen molar-refractivity contribution in [2.75, 3.05) is 0 Å². The first-order valence-electron chi connectivity index (χ1n) is 4.97. The van der Waals surface area contributed by atoms with Crippen molar-refractivity contribution in [3.05, 3.63) is 62.5 Å². The van der Waals surface area contributed by atoms with Crippen molar-refractivity contribution in [2.45, 2.75) is 6.61 Å². The zero-order chi connectivity index (χ0) is 12.3. The third kappa shape index (κ3) is 3.63. The van der Waals surface area contributed by atoms with E-state index in [1.54, 1.807) is 12.1 Å². The van der Waals surface area contributed by atoms with E-state index in [0.717, 1.165) is 15.8 Å². The fourth-order valence-electron chi connectivity index (χ4n) is 1.36. The lowest BCUT2D eigenvalue weighted by molar-refractivity contribution is 0.306. The molecule has 88 valence electrons. The SMILES string of the molecule is Clc1cccc(OCc2ccc(Br)cc2Cl)c1. The second-order valence-corrected chi connectivity index (χ2v) is 5.24. The van der Waals surface area contributed by atoms with Crippen LogP contribution in [-0.2, 0) is 6.61 Å². The number of benzene rings is 2. The van der Waals surface area contributed by atoms with Gasteiger partial charge in [0.05, 0.1) is 0 Å². The lowest BCUT2D eigenvalue weighted by atomic mass is 10.2. The normalized spacial score (nSPS) is 10.3. The van der Waals surface area contributed by atoms with Crippen molar-refractivity contribution in [3.8, 4) is 5.75 Å². The van der Waals surface area contributed by atoms with Gasteiger partial charge in [-0.1, -0.05) is 51.3 Å². The van der Waals surface area contributed by atoms with Crippen molar-refractivity contribution in [1.82, 2.24) is 0 Å². The molecule has 0 radical (unpaired) electrons. The van der Waals surface area contributed by atoms with Gasteiger partial charge in [0.1, 0.15) is 12.4 Å². The second-order valence-electron chi connectivity index (χ2n) is 3.48. The highest BCUT2D eigenvalue weighted by molar-refractivity contribution is 9.10. The summed E-state index contributed by atoms with van der Waals surface area (Å²) in [6.07, 6.45) is 0. The van der Waals surface area contributed by atoms with Crippen molar-refractivity contribution in [2.24, 2.45) is 0 Å². The van der Waals surface area contributed by atoms with Gasteiger partial charge in [0.15, 0.2) is 0 Å². The van der Waals surface area contributed by atoms with Crippen LogP contribution in [0.15, 0.2) is 46.9 Å². The van der Waals surface area contributed by atoms with Crippen LogP contribution < -0.4 is 4.74 Å². The van der Waals surface area contributed by atoms with Crippen LogP contribution in [0.4, 0.5) is 0 Å². The van der Waals surface area contributed by atoms with E-state index in [2.05, 4.69) is 15.9 Å². The molecule has 0 aliphatic heterocycles. The van der Waals surface area contributed by atoms with E-state index in [1.165, 1.54) is 0 Å². The van der Waals surface area contributed by atoms with Crippen molar-refractivity contribution >= 4 is 39.1 Å². The summed E-state index contributed by atoms with van der Waals surface area (Å²) < 4.78 is 6.56. The Bertz CT molecular complexity index is 529. The van der Waals surface area contributed by atoms with Crippen LogP contribution >= 0.6 is 39.1 Å². The lowest BCUT2D eigenvalue weighted by Crippen LogP contribution is -1.96. The van der Waals surface area contributed by atoms with E-state index in [9.17, 15) is 0 Å². The van der Waals surface area contributed by atoms with Crippen LogP contribution in [0.2, 0.25) is 10.0 Å². The first kappa shape index (κ1) is 12.7. The van der Waals surface area contributed by atoms with Gasteiger partial charge in [-0.25, -0.2) is 0 Å². The van der Waals surface area contributed by atoms with Gasteiger partial charge in [-0.2, -0.15) is 0 Å². The Kier molecular flexibility index (Phi) is 4.32. The highest BCUT2D eigenvalue weighted by Gasteiger charge is 2.02. The Morgan fingerprint density at radius 2 is 1.88 bits per heavy atom. The monoisotopic (exact) mass is 330 g/mol. The first-order chi connectivity index (χ1) is 8.15. The van der Waals surface area contributed by atoms with E-state index in [4.69, 9.17) is 27.9 Å². The van der Waals surface area contributed by atoms with E-state index in [-0.39, 0.29) is 0 Å². The molecule has 1 nitrogen and oxygen atoms in total. The predicted octanol–water partition coefficient (Wildman–Crippen LogP) is 5.33. The first-order valence-corrected chi connectivity index (χ1v) is 6.52. The minimum absolute atomic E-state index is 0.423. The minimum atomic E-state index is 0.423. The molecular weight excluding hydrogens is 323 g/mol. The largest absolute Gasteiger partial charge is 0.489 e. The molecule has 2 aromatic rings. The highest BCUT2D eigenvalue weighted by Crippen LogP contribution is 2.23. The smallest absolute Gasteiger partial charge is 0.121 e. The molecule has 0 bridgehead atoms. The van der Waals surface area contributed by atoms with Gasteiger partial charge in [-0.05, 0) is 30.3 Å². The summed E-state index contributed by atoms with van der Waals surface area (Å²) >= 11 is 15.3. The van der Waals surface area contributed by atoms with Crippen molar-refractivity contribution in [3.63, 3.8) is 0 Å². The molecule has 4 heteroatoms. The molecule has 0 saturated carbocycles. The minimum Gasteiger partial charge on any atom is -0.489 e. The van der Waals surface area contributed by atoms with Crippen LogP contribution in [0, 0.1) is 0 Å². The zero-order valence-corrected chi connectivity index (χ0v) is 11.9. The Morgan fingerprint density at radius 1 is 1.06 bits per heavy atom. The summed E-state index contributed by atoms with van der Waals surface area (Å²) in [6, 6.07) is 13.0. The lowest BCUT2D eigenvalue weighted by Gasteiger charge is -2.08. The zero-order valence-electron chi connectivity index (χ0n) is 8.79. The fourth-order valence-corrected chi connectivity index (χ4v) is 2.26. The van der Waals surface area contributed by atoms with Crippen molar-refractivity contribution < 1.29 is 4.74 Å². The molecule has 0 amide bonds. The molecule has 0 unspecified atom stereocenters. The summed E-state index contributed by atoms with van der Waals surface area (Å²) in [5.74, 6) is 0.733. The van der Waals surface area contributed by atoms with Gasteiger partial charge < -0.3 is 4.74 Å². The molecule has 0 saturated heterocycles. The maximum atomic E-state index is 6.09. The van der Waals surface area contributed by atoms with Gasteiger partial charge in [0.25, 0.3) is 0 Å². The van der Waals surface area contributed by atoms with E-state index >= 15 is 0 Å². The average Bonchev–Trinajstić information content (AvgIpc) is 2.28. The van der Waals surface area contributed by atoms with Gasteiger partial charge in [0, 0.05) is 20.1 Å². The van der Waals surface area contributed by atoms with Gasteiger partial charge >= 0.3 is 0 Å². The number of rotatable bonds is 3. The molecule has 0 aliphatic rings. The van der Waals surface area contributed by atoms with E-state index in [0.29, 0.717) is 16.7 Å². The Balaban J connectivity index is 2.07. The molecule has 0 N–H and O–H groups in total.